The third-order valence-electron chi connectivity index (χ3n) is 6.25. The summed E-state index contributed by atoms with van der Waals surface area (Å²) >= 11 is 0. The van der Waals surface area contributed by atoms with Crippen LogP contribution in [0.15, 0.2) is 96.2 Å². The second-order valence-corrected chi connectivity index (χ2v) is 8.44. The van der Waals surface area contributed by atoms with E-state index in [1.165, 1.54) is 5.57 Å². The molecule has 208 valence electrons. The van der Waals surface area contributed by atoms with E-state index in [4.69, 9.17) is 16.1 Å². The van der Waals surface area contributed by atoms with Crippen LogP contribution >= 0.6 is 0 Å². The maximum Gasteiger partial charge on any atom is 0.118 e. The summed E-state index contributed by atoms with van der Waals surface area (Å²) in [7, 11) is 1.68. The molecule has 0 fully saturated rings. The van der Waals surface area contributed by atoms with Crippen LogP contribution in [0.5, 0.6) is 5.75 Å². The number of aromatic nitrogens is 1. The van der Waals surface area contributed by atoms with E-state index in [1.807, 2.05) is 64.1 Å². The van der Waals surface area contributed by atoms with Gasteiger partial charge in [-0.25, -0.2) is 0 Å². The molecule has 0 aliphatic heterocycles. The summed E-state index contributed by atoms with van der Waals surface area (Å²) in [5.74, 6) is 3.87. The molecule has 3 heteroatoms. The second kappa shape index (κ2) is 19.3. The van der Waals surface area contributed by atoms with Gasteiger partial charge in [-0.05, 0) is 73.7 Å². The number of rotatable bonds is 11. The van der Waals surface area contributed by atoms with Crippen molar-refractivity contribution in [2.45, 2.75) is 73.8 Å². The number of terminal acetylenes is 1. The van der Waals surface area contributed by atoms with Crippen LogP contribution in [0.4, 0.5) is 0 Å². The molecule has 0 saturated heterocycles. The Bertz CT molecular complexity index is 1170. The van der Waals surface area contributed by atoms with Gasteiger partial charge in [-0.1, -0.05) is 96.0 Å². The van der Waals surface area contributed by atoms with Crippen molar-refractivity contribution >= 4 is 0 Å². The third kappa shape index (κ3) is 9.80. The Labute approximate surface area is 238 Å². The van der Waals surface area contributed by atoms with Crippen molar-refractivity contribution in [2.75, 3.05) is 7.11 Å². The quantitative estimate of drug-likeness (QED) is 0.200. The van der Waals surface area contributed by atoms with Crippen molar-refractivity contribution in [3.05, 3.63) is 107 Å². The highest BCUT2D eigenvalue weighted by Crippen LogP contribution is 2.30. The van der Waals surface area contributed by atoms with Gasteiger partial charge >= 0.3 is 0 Å². The molecule has 3 aromatic rings. The van der Waals surface area contributed by atoms with Crippen LogP contribution in [0.3, 0.4) is 0 Å². The normalized spacial score (nSPS) is 12.5. The van der Waals surface area contributed by atoms with Crippen LogP contribution in [0.25, 0.3) is 11.3 Å². The first kappa shape index (κ1) is 33.3. The molecule has 39 heavy (non-hydrogen) atoms. The van der Waals surface area contributed by atoms with Crippen LogP contribution in [-0.2, 0) is 0 Å². The predicted molar refractivity (Wildman–Crippen MR) is 170 cm³/mol. The number of pyridine rings is 1. The van der Waals surface area contributed by atoms with E-state index < -0.39 is 0 Å². The first-order valence-corrected chi connectivity index (χ1v) is 14.4. The van der Waals surface area contributed by atoms with Crippen LogP contribution in [0, 0.1) is 18.3 Å². The molecule has 0 aliphatic carbocycles. The molecule has 2 atom stereocenters. The smallest absolute Gasteiger partial charge is 0.118 e. The average Bonchev–Trinajstić information content (AvgIpc) is 3.02. The maximum atomic E-state index is 6.01. The first-order chi connectivity index (χ1) is 19.1. The minimum Gasteiger partial charge on any atom is -0.497 e. The van der Waals surface area contributed by atoms with Gasteiger partial charge in [0.25, 0.3) is 0 Å². The summed E-state index contributed by atoms with van der Waals surface area (Å²) in [6.07, 6.45) is 13.0. The zero-order chi connectivity index (χ0) is 29.0. The van der Waals surface area contributed by atoms with Crippen LogP contribution in [0.2, 0.25) is 0 Å². The number of benzene rings is 2. The highest BCUT2D eigenvalue weighted by atomic mass is 16.5. The topological polar surface area (TPSA) is 34.1 Å². The maximum absolute atomic E-state index is 6.01. The Kier molecular flexibility index (Phi) is 16.5. The van der Waals surface area contributed by atoms with Gasteiger partial charge in [0.15, 0.2) is 0 Å². The molecule has 0 bridgehead atoms. The van der Waals surface area contributed by atoms with Crippen LogP contribution < -0.4 is 10.1 Å². The Hall–Kier alpha value is -3.77. The lowest BCUT2D eigenvalue weighted by atomic mass is 9.93. The molecular weight excluding hydrogens is 476 g/mol. The predicted octanol–water partition coefficient (Wildman–Crippen LogP) is 9.78. The number of hydrogen-bond donors (Lipinski definition) is 1. The fraction of sp³-hybridized carbons (Fsp3) is 0.361. The Morgan fingerprint density at radius 3 is 2.15 bits per heavy atom. The molecule has 0 aliphatic rings. The molecular formula is C36H48N2O. The number of nitrogens with zero attached hydrogens (tertiary/aromatic N) is 1. The van der Waals surface area contributed by atoms with E-state index in [9.17, 15) is 0 Å². The zero-order valence-electron chi connectivity index (χ0n) is 25.3. The van der Waals surface area contributed by atoms with Gasteiger partial charge < -0.3 is 10.1 Å². The SMILES string of the molecule is C#CC(CC)/C(NC(c1ccccc1)c1cccc(-c2ccc(OC)cc2)n1)=C(/CC)C/C=C\C.CC.CC. The van der Waals surface area contributed by atoms with Gasteiger partial charge in [0.05, 0.1) is 30.5 Å². The zero-order valence-corrected chi connectivity index (χ0v) is 25.3. The number of nitrogens with one attached hydrogen (secondary N) is 1. The molecule has 2 aromatic carbocycles. The highest BCUT2D eigenvalue weighted by molar-refractivity contribution is 5.60. The number of hydrogen-bond acceptors (Lipinski definition) is 3. The monoisotopic (exact) mass is 524 g/mol. The van der Waals surface area contributed by atoms with E-state index in [1.54, 1.807) is 7.11 Å². The molecule has 0 spiro atoms. The highest BCUT2D eigenvalue weighted by Gasteiger charge is 2.22. The summed E-state index contributed by atoms with van der Waals surface area (Å²) < 4.78 is 5.32. The Morgan fingerprint density at radius 1 is 0.949 bits per heavy atom. The molecule has 0 amide bonds. The molecule has 1 N–H and O–H groups in total. The van der Waals surface area contributed by atoms with E-state index in [0.717, 1.165) is 53.2 Å². The van der Waals surface area contributed by atoms with Gasteiger partial charge in [-0.2, -0.15) is 0 Å². The van der Waals surface area contributed by atoms with Crippen molar-refractivity contribution in [3.63, 3.8) is 0 Å². The molecule has 3 rings (SSSR count). The summed E-state index contributed by atoms with van der Waals surface area (Å²) in [5.41, 5.74) is 6.55. The Morgan fingerprint density at radius 2 is 1.62 bits per heavy atom. The van der Waals surface area contributed by atoms with Crippen LogP contribution in [-0.4, -0.2) is 12.1 Å². The van der Waals surface area contributed by atoms with E-state index >= 15 is 0 Å². The second-order valence-electron chi connectivity index (χ2n) is 8.44. The standard InChI is InChI=1S/C32H36N2O.2C2H6/c1-6-10-15-25(9-4)31(24(7-2)8-3)34-32(27-16-12-11-13-17-27)30-19-14-18-29(33-30)26-20-22-28(35-5)23-21-26;2*1-2/h2,6,10-14,16-24,32,34H,8-9,15H2,1,3-5H3;2*1-2H3/b10-6-,31-25+;;. The first-order valence-electron chi connectivity index (χ1n) is 14.4. The van der Waals surface area contributed by atoms with E-state index in [2.05, 4.69) is 80.6 Å². The van der Waals surface area contributed by atoms with Gasteiger partial charge in [0, 0.05) is 11.3 Å². The van der Waals surface area contributed by atoms with Crippen molar-refractivity contribution in [1.82, 2.24) is 10.3 Å². The molecule has 0 saturated carbocycles. The van der Waals surface area contributed by atoms with Gasteiger partial charge in [-0.3, -0.25) is 4.98 Å². The van der Waals surface area contributed by atoms with Gasteiger partial charge in [-0.15, -0.1) is 6.42 Å². The summed E-state index contributed by atoms with van der Waals surface area (Å²) in [4.78, 5) is 5.10. The fourth-order valence-corrected chi connectivity index (χ4v) is 4.22. The van der Waals surface area contributed by atoms with Crippen LogP contribution in [0.1, 0.15) is 85.0 Å². The minimum absolute atomic E-state index is 0.0196. The van der Waals surface area contributed by atoms with E-state index in [0.29, 0.717) is 0 Å². The van der Waals surface area contributed by atoms with Gasteiger partial charge in [0.2, 0.25) is 0 Å². The van der Waals surface area contributed by atoms with Crippen molar-refractivity contribution < 1.29 is 4.74 Å². The van der Waals surface area contributed by atoms with E-state index in [-0.39, 0.29) is 12.0 Å². The number of ether oxygens (including phenoxy) is 1. The molecule has 1 aromatic heterocycles. The summed E-state index contributed by atoms with van der Waals surface area (Å²) in [5, 5.41) is 3.87. The third-order valence-corrected chi connectivity index (χ3v) is 6.25. The fourth-order valence-electron chi connectivity index (χ4n) is 4.22. The lowest BCUT2D eigenvalue weighted by Crippen LogP contribution is -2.28. The average molecular weight is 525 g/mol. The number of methoxy groups -OCH3 is 1. The lowest BCUT2D eigenvalue weighted by Gasteiger charge is -2.27. The molecule has 0 radical (unpaired) electrons. The van der Waals surface area contributed by atoms with Gasteiger partial charge in [0.1, 0.15) is 5.75 Å². The largest absolute Gasteiger partial charge is 0.497 e. The Balaban J connectivity index is 0.00000181. The van der Waals surface area contributed by atoms with Crippen molar-refractivity contribution in [1.29, 1.82) is 0 Å². The number of allylic oxidation sites excluding steroid dienone is 4. The van der Waals surface area contributed by atoms with Crippen molar-refractivity contribution in [2.24, 2.45) is 5.92 Å². The molecule has 3 nitrogen and oxygen atoms in total. The lowest BCUT2D eigenvalue weighted by molar-refractivity contribution is 0.415. The minimum atomic E-state index is -0.126. The molecule has 2 unspecified atom stereocenters. The van der Waals surface area contributed by atoms with Crippen molar-refractivity contribution in [3.8, 4) is 29.4 Å². The molecule has 1 heterocycles. The summed E-state index contributed by atoms with van der Waals surface area (Å²) in [6.45, 7) is 14.4. The summed E-state index contributed by atoms with van der Waals surface area (Å²) in [6, 6.07) is 24.6.